The second-order valence-electron chi connectivity index (χ2n) is 9.90. The monoisotopic (exact) mass is 427 g/mol. The van der Waals surface area contributed by atoms with Gasteiger partial charge < -0.3 is 20.7 Å². The van der Waals surface area contributed by atoms with Gasteiger partial charge in [-0.15, -0.1) is 0 Å². The van der Waals surface area contributed by atoms with Crippen molar-refractivity contribution < 1.29 is 9.53 Å². The van der Waals surface area contributed by atoms with Crippen molar-refractivity contribution in [1.29, 1.82) is 0 Å². The number of aromatic nitrogens is 4. The zero-order valence-electron chi connectivity index (χ0n) is 19.0. The van der Waals surface area contributed by atoms with Gasteiger partial charge >= 0.3 is 6.09 Å². The minimum Gasteiger partial charge on any atom is -0.446 e. The van der Waals surface area contributed by atoms with E-state index < -0.39 is 0 Å². The van der Waals surface area contributed by atoms with Crippen LogP contribution >= 0.6 is 0 Å². The number of carbonyl (C=O) groups excluding carboxylic acids is 1. The lowest BCUT2D eigenvalue weighted by atomic mass is 10.0. The van der Waals surface area contributed by atoms with Crippen LogP contribution < -0.4 is 16.0 Å². The summed E-state index contributed by atoms with van der Waals surface area (Å²) in [7, 11) is 1.79. The van der Waals surface area contributed by atoms with Gasteiger partial charge in [0.1, 0.15) is 17.7 Å². The van der Waals surface area contributed by atoms with Gasteiger partial charge in [0.25, 0.3) is 0 Å². The van der Waals surface area contributed by atoms with Gasteiger partial charge in [0.2, 0.25) is 5.95 Å². The molecule has 2 heterocycles. The van der Waals surface area contributed by atoms with Crippen LogP contribution in [-0.2, 0) is 10.3 Å². The van der Waals surface area contributed by atoms with Crippen LogP contribution in [0, 0.1) is 0 Å². The molecule has 2 aromatic rings. The molecule has 2 saturated carbocycles. The fourth-order valence-corrected chi connectivity index (χ4v) is 3.93. The first-order valence-electron chi connectivity index (χ1n) is 11.0. The Morgan fingerprint density at radius 2 is 2.06 bits per heavy atom. The molecule has 0 unspecified atom stereocenters. The minimum absolute atomic E-state index is 0.0602. The standard InChI is InChI=1S/C22H33N7O2/c1-21(2,3)29-18(25-17-8-11-24-19(23-5)26-17)13-16(28-29)14-6-7-15(12-14)31-20(30)27-22(4)9-10-22/h8,11,13-15H,6-7,9-10,12H2,1-5H3,(H,27,30)(H2,23,24,25,26)/t14-,15+/m0/s1. The molecule has 1 amide bonds. The number of ether oxygens (including phenoxy) is 1. The Morgan fingerprint density at radius 3 is 2.74 bits per heavy atom. The van der Waals surface area contributed by atoms with Crippen molar-refractivity contribution >= 4 is 23.7 Å². The summed E-state index contributed by atoms with van der Waals surface area (Å²) in [4.78, 5) is 20.8. The lowest BCUT2D eigenvalue weighted by molar-refractivity contribution is 0.0967. The largest absolute Gasteiger partial charge is 0.446 e. The van der Waals surface area contributed by atoms with E-state index in [9.17, 15) is 4.79 Å². The number of hydrogen-bond acceptors (Lipinski definition) is 7. The molecule has 0 aromatic carbocycles. The zero-order valence-corrected chi connectivity index (χ0v) is 19.0. The van der Waals surface area contributed by atoms with Crippen LogP contribution in [0.25, 0.3) is 0 Å². The number of alkyl carbamates (subject to hydrolysis) is 1. The third-order valence-electron chi connectivity index (χ3n) is 5.98. The Labute approximate surface area is 183 Å². The van der Waals surface area contributed by atoms with E-state index in [1.54, 1.807) is 13.2 Å². The van der Waals surface area contributed by atoms with Crippen LogP contribution in [0.5, 0.6) is 0 Å². The van der Waals surface area contributed by atoms with Crippen molar-refractivity contribution in [3.05, 3.63) is 24.0 Å². The summed E-state index contributed by atoms with van der Waals surface area (Å²) in [6, 6.07) is 3.92. The summed E-state index contributed by atoms with van der Waals surface area (Å²) in [5.74, 6) is 2.40. The highest BCUT2D eigenvalue weighted by molar-refractivity contribution is 5.69. The molecule has 3 N–H and O–H groups in total. The highest BCUT2D eigenvalue weighted by Gasteiger charge is 2.40. The van der Waals surface area contributed by atoms with Crippen molar-refractivity contribution in [2.24, 2.45) is 0 Å². The van der Waals surface area contributed by atoms with Gasteiger partial charge in [0.15, 0.2) is 0 Å². The van der Waals surface area contributed by atoms with Crippen LogP contribution in [0.4, 0.5) is 22.4 Å². The van der Waals surface area contributed by atoms with Crippen LogP contribution in [-0.4, -0.2) is 44.5 Å². The summed E-state index contributed by atoms with van der Waals surface area (Å²) >= 11 is 0. The first-order chi connectivity index (χ1) is 14.6. The second-order valence-corrected chi connectivity index (χ2v) is 9.90. The number of amides is 1. The molecule has 2 atom stereocenters. The Bertz CT molecular complexity index is 946. The zero-order chi connectivity index (χ0) is 22.2. The first kappa shape index (κ1) is 21.4. The van der Waals surface area contributed by atoms with Gasteiger partial charge in [0.05, 0.1) is 11.2 Å². The summed E-state index contributed by atoms with van der Waals surface area (Å²) in [5.41, 5.74) is 0.754. The normalized spacial score (nSPS) is 22.1. The van der Waals surface area contributed by atoms with Crippen molar-refractivity contribution in [3.63, 3.8) is 0 Å². The molecule has 31 heavy (non-hydrogen) atoms. The average molecular weight is 428 g/mol. The summed E-state index contributed by atoms with van der Waals surface area (Å²) < 4.78 is 7.68. The molecule has 2 fully saturated rings. The number of hydrogen-bond donors (Lipinski definition) is 3. The van der Waals surface area contributed by atoms with E-state index in [1.807, 2.05) is 10.7 Å². The summed E-state index contributed by atoms with van der Waals surface area (Å²) in [6.07, 6.45) is 6.01. The van der Waals surface area contributed by atoms with Gasteiger partial charge in [0, 0.05) is 30.8 Å². The number of carbonyl (C=O) groups is 1. The van der Waals surface area contributed by atoms with E-state index >= 15 is 0 Å². The van der Waals surface area contributed by atoms with E-state index in [2.05, 4.69) is 59.7 Å². The fourth-order valence-electron chi connectivity index (χ4n) is 3.93. The van der Waals surface area contributed by atoms with Gasteiger partial charge in [-0.25, -0.2) is 14.5 Å². The van der Waals surface area contributed by atoms with Gasteiger partial charge in [-0.2, -0.15) is 10.1 Å². The van der Waals surface area contributed by atoms with E-state index in [1.165, 1.54) is 0 Å². The van der Waals surface area contributed by atoms with Crippen molar-refractivity contribution in [1.82, 2.24) is 25.1 Å². The van der Waals surface area contributed by atoms with E-state index in [4.69, 9.17) is 9.84 Å². The molecule has 4 rings (SSSR count). The highest BCUT2D eigenvalue weighted by Crippen LogP contribution is 2.38. The number of rotatable bonds is 6. The lowest BCUT2D eigenvalue weighted by Gasteiger charge is -2.22. The maximum atomic E-state index is 12.2. The fraction of sp³-hybridized carbons (Fsp3) is 0.636. The van der Waals surface area contributed by atoms with Crippen LogP contribution in [0.1, 0.15) is 71.4 Å². The topological polar surface area (TPSA) is 106 Å². The molecule has 168 valence electrons. The van der Waals surface area contributed by atoms with Gasteiger partial charge in [-0.05, 0) is 65.9 Å². The Morgan fingerprint density at radius 1 is 1.29 bits per heavy atom. The molecule has 0 bridgehead atoms. The average Bonchev–Trinajstić information content (AvgIpc) is 3.07. The molecular weight excluding hydrogens is 394 g/mol. The summed E-state index contributed by atoms with van der Waals surface area (Å²) in [6.45, 7) is 8.42. The van der Waals surface area contributed by atoms with Crippen molar-refractivity contribution in [2.75, 3.05) is 17.7 Å². The predicted molar refractivity (Wildman–Crippen MR) is 120 cm³/mol. The number of nitrogens with zero attached hydrogens (tertiary/aromatic N) is 4. The lowest BCUT2D eigenvalue weighted by Crippen LogP contribution is -2.36. The molecule has 2 aliphatic carbocycles. The molecule has 0 radical (unpaired) electrons. The van der Waals surface area contributed by atoms with Gasteiger partial charge in [-0.1, -0.05) is 0 Å². The SMILES string of the molecule is CNc1nccc(Nc2cc([C@H]3CC[C@@H](OC(=O)NC4(C)CC4)C3)nn2C(C)(C)C)n1. The number of nitrogens with one attached hydrogen (secondary N) is 3. The second kappa shape index (κ2) is 8.01. The van der Waals surface area contributed by atoms with Crippen LogP contribution in [0.15, 0.2) is 18.3 Å². The van der Waals surface area contributed by atoms with Crippen molar-refractivity contribution in [2.45, 2.75) is 82.9 Å². The van der Waals surface area contributed by atoms with Crippen LogP contribution in [0.3, 0.4) is 0 Å². The van der Waals surface area contributed by atoms with E-state index in [0.717, 1.165) is 43.6 Å². The van der Waals surface area contributed by atoms with E-state index in [0.29, 0.717) is 11.8 Å². The first-order valence-corrected chi connectivity index (χ1v) is 11.0. The third kappa shape index (κ3) is 5.08. The predicted octanol–water partition coefficient (Wildman–Crippen LogP) is 4.13. The quantitative estimate of drug-likeness (QED) is 0.636. The van der Waals surface area contributed by atoms with Crippen LogP contribution in [0.2, 0.25) is 0 Å². The molecule has 2 aromatic heterocycles. The molecule has 0 spiro atoms. The molecular formula is C22H33N7O2. The van der Waals surface area contributed by atoms with Gasteiger partial charge in [-0.3, -0.25) is 0 Å². The Balaban J connectivity index is 1.46. The summed E-state index contributed by atoms with van der Waals surface area (Å²) in [5, 5.41) is 14.2. The molecule has 9 heteroatoms. The molecule has 9 nitrogen and oxygen atoms in total. The smallest absolute Gasteiger partial charge is 0.407 e. The maximum absolute atomic E-state index is 12.2. The molecule has 2 aliphatic rings. The van der Waals surface area contributed by atoms with Crippen molar-refractivity contribution in [3.8, 4) is 0 Å². The molecule has 0 saturated heterocycles. The maximum Gasteiger partial charge on any atom is 0.407 e. The minimum atomic E-state index is -0.294. The van der Waals surface area contributed by atoms with E-state index in [-0.39, 0.29) is 29.2 Å². The molecule has 0 aliphatic heterocycles. The third-order valence-corrected chi connectivity index (χ3v) is 5.98. The Kier molecular flexibility index (Phi) is 5.53. The number of anilines is 3. The highest BCUT2D eigenvalue weighted by atomic mass is 16.6. The Hall–Kier alpha value is -2.84.